The van der Waals surface area contributed by atoms with E-state index >= 15 is 0 Å². The van der Waals surface area contributed by atoms with Crippen molar-refractivity contribution in [2.45, 2.75) is 46.6 Å². The fraction of sp³-hybridized carbons (Fsp3) is 0.370. The average molecular weight is 520 g/mol. The Labute approximate surface area is 221 Å². The summed E-state index contributed by atoms with van der Waals surface area (Å²) in [5, 5.41) is 17.4. The molecule has 11 heteroatoms. The molecule has 4 rings (SSSR count). The number of piperidine rings is 1. The van der Waals surface area contributed by atoms with Crippen molar-refractivity contribution in [1.29, 1.82) is 0 Å². The molecule has 200 valence electrons. The first kappa shape index (κ1) is 26.8. The predicted octanol–water partition coefficient (Wildman–Crippen LogP) is 4.37. The summed E-state index contributed by atoms with van der Waals surface area (Å²) in [6, 6.07) is 5.81. The van der Waals surface area contributed by atoms with Gasteiger partial charge in [0.15, 0.2) is 17.5 Å². The van der Waals surface area contributed by atoms with Crippen molar-refractivity contribution in [2.24, 2.45) is 10.9 Å². The van der Waals surface area contributed by atoms with E-state index in [1.165, 1.54) is 10.9 Å². The van der Waals surface area contributed by atoms with Crippen LogP contribution in [0.3, 0.4) is 0 Å². The Hall–Kier alpha value is -4.28. The van der Waals surface area contributed by atoms with Gasteiger partial charge in [0.1, 0.15) is 11.6 Å². The molecular formula is C27H34FN9O. The van der Waals surface area contributed by atoms with Crippen LogP contribution in [-0.4, -0.2) is 56.7 Å². The third-order valence-electron chi connectivity index (χ3n) is 6.59. The normalized spacial score (nSPS) is 15.9. The average Bonchev–Trinajstić information content (AvgIpc) is 3.51. The number of carbonyl (C=O) groups is 1. The van der Waals surface area contributed by atoms with E-state index in [-0.39, 0.29) is 17.9 Å². The number of rotatable bonds is 9. The van der Waals surface area contributed by atoms with E-state index in [1.807, 2.05) is 45.9 Å². The highest BCUT2D eigenvalue weighted by Crippen LogP contribution is 2.26. The van der Waals surface area contributed by atoms with Gasteiger partial charge in [0.25, 0.3) is 0 Å². The number of H-pyrrole nitrogens is 1. The van der Waals surface area contributed by atoms with E-state index in [2.05, 4.69) is 48.6 Å². The topological polar surface area (TPSA) is 116 Å². The number of hydrogen-bond acceptors (Lipinski definition) is 7. The number of hydrogen-bond donors (Lipinski definition) is 3. The number of allylic oxidation sites excluding steroid dienone is 2. The van der Waals surface area contributed by atoms with Crippen molar-refractivity contribution in [2.75, 3.05) is 23.3 Å². The van der Waals surface area contributed by atoms with Crippen molar-refractivity contribution in [3.05, 3.63) is 65.4 Å². The zero-order valence-corrected chi connectivity index (χ0v) is 22.2. The molecule has 10 nitrogen and oxygen atoms in total. The van der Waals surface area contributed by atoms with Gasteiger partial charge >= 0.3 is 0 Å². The number of anilines is 3. The largest absolute Gasteiger partial charge is 0.356 e. The molecule has 1 amide bonds. The molecule has 0 aliphatic carbocycles. The molecule has 0 spiro atoms. The minimum absolute atomic E-state index is 0.0403. The maximum Gasteiger partial charge on any atom is 0.223 e. The quantitative estimate of drug-likeness (QED) is 0.286. The lowest BCUT2D eigenvalue weighted by molar-refractivity contribution is -0.126. The smallest absolute Gasteiger partial charge is 0.223 e. The van der Waals surface area contributed by atoms with E-state index < -0.39 is 5.82 Å². The summed E-state index contributed by atoms with van der Waals surface area (Å²) in [5.74, 6) is 2.27. The molecule has 1 atom stereocenters. The first-order valence-corrected chi connectivity index (χ1v) is 12.6. The fourth-order valence-electron chi connectivity index (χ4n) is 4.28. The van der Waals surface area contributed by atoms with Crippen LogP contribution in [0.25, 0.3) is 5.82 Å². The van der Waals surface area contributed by atoms with Gasteiger partial charge in [0.2, 0.25) is 5.91 Å². The molecule has 4 heterocycles. The second kappa shape index (κ2) is 11.8. The second-order valence-corrected chi connectivity index (χ2v) is 9.64. The zero-order chi connectivity index (χ0) is 27.2. The number of aromatic nitrogens is 5. The van der Waals surface area contributed by atoms with E-state index in [0.717, 1.165) is 66.4 Å². The fourth-order valence-corrected chi connectivity index (χ4v) is 4.28. The molecule has 0 saturated carbocycles. The first-order valence-electron chi connectivity index (χ1n) is 12.6. The highest BCUT2D eigenvalue weighted by atomic mass is 19.1. The highest BCUT2D eigenvalue weighted by molar-refractivity contribution is 5.79. The summed E-state index contributed by atoms with van der Waals surface area (Å²) in [6.07, 6.45) is 7.35. The molecule has 3 aromatic heterocycles. The van der Waals surface area contributed by atoms with Crippen molar-refractivity contribution in [3.8, 4) is 0 Å². The van der Waals surface area contributed by atoms with Crippen LogP contribution in [0.2, 0.25) is 0 Å². The van der Waals surface area contributed by atoms with E-state index in [1.54, 1.807) is 6.08 Å². The number of aromatic amines is 1. The molecule has 0 radical (unpaired) electrons. The number of halogens is 1. The summed E-state index contributed by atoms with van der Waals surface area (Å²) >= 11 is 0. The maximum absolute atomic E-state index is 13.3. The van der Waals surface area contributed by atoms with E-state index in [4.69, 9.17) is 4.98 Å². The molecule has 0 bridgehead atoms. The van der Waals surface area contributed by atoms with Gasteiger partial charge in [-0.05, 0) is 71.0 Å². The van der Waals surface area contributed by atoms with Crippen LogP contribution in [0.5, 0.6) is 0 Å². The first-order chi connectivity index (χ1) is 18.2. The Morgan fingerprint density at radius 2 is 2.00 bits per heavy atom. The van der Waals surface area contributed by atoms with Gasteiger partial charge in [0.05, 0.1) is 12.4 Å². The molecule has 1 saturated heterocycles. The number of pyridine rings is 1. The lowest BCUT2D eigenvalue weighted by Gasteiger charge is -2.33. The van der Waals surface area contributed by atoms with Gasteiger partial charge in [-0.3, -0.25) is 9.89 Å². The van der Waals surface area contributed by atoms with Crippen LogP contribution in [0.1, 0.15) is 37.9 Å². The summed E-state index contributed by atoms with van der Waals surface area (Å²) < 4.78 is 14.6. The van der Waals surface area contributed by atoms with E-state index in [0.29, 0.717) is 5.82 Å². The van der Waals surface area contributed by atoms with Crippen LogP contribution in [-0.2, 0) is 4.79 Å². The summed E-state index contributed by atoms with van der Waals surface area (Å²) in [4.78, 5) is 23.9. The Balaban J connectivity index is 1.32. The molecule has 38 heavy (non-hydrogen) atoms. The molecular weight excluding hydrogens is 485 g/mol. The van der Waals surface area contributed by atoms with Crippen LogP contribution in [0, 0.1) is 25.6 Å². The van der Waals surface area contributed by atoms with Crippen molar-refractivity contribution >= 4 is 35.9 Å². The maximum atomic E-state index is 13.3. The SMILES string of the molecule is C=N/C(=C\C=C(/C)[C@H](C)NC(=O)C1CCN(c2cc(C)cc(Nc3cc(C)[nH]n3)n2)CC1)n1cc(F)cn1. The lowest BCUT2D eigenvalue weighted by Crippen LogP contribution is -2.43. The number of aliphatic imine (C=N–C) groups is 1. The van der Waals surface area contributed by atoms with Crippen molar-refractivity contribution in [3.63, 3.8) is 0 Å². The number of aryl methyl sites for hydroxylation is 2. The van der Waals surface area contributed by atoms with Crippen LogP contribution in [0.15, 0.2) is 53.3 Å². The molecule has 1 aliphatic heterocycles. The Kier molecular flexibility index (Phi) is 8.35. The number of nitrogens with zero attached hydrogens (tertiary/aromatic N) is 6. The van der Waals surface area contributed by atoms with Crippen LogP contribution in [0.4, 0.5) is 21.8 Å². The van der Waals surface area contributed by atoms with E-state index in [9.17, 15) is 9.18 Å². The summed E-state index contributed by atoms with van der Waals surface area (Å²) in [6.45, 7) is 12.9. The molecule has 1 fully saturated rings. The molecule has 0 aromatic carbocycles. The van der Waals surface area contributed by atoms with Crippen molar-refractivity contribution in [1.82, 2.24) is 30.3 Å². The van der Waals surface area contributed by atoms with Crippen LogP contribution < -0.4 is 15.5 Å². The summed E-state index contributed by atoms with van der Waals surface area (Å²) in [7, 11) is 0. The van der Waals surface area contributed by atoms with Gasteiger partial charge in [-0.2, -0.15) is 10.2 Å². The van der Waals surface area contributed by atoms with Crippen LogP contribution >= 0.6 is 0 Å². The van der Waals surface area contributed by atoms with Gasteiger partial charge in [0, 0.05) is 36.8 Å². The van der Waals surface area contributed by atoms with Gasteiger partial charge in [-0.1, -0.05) is 11.6 Å². The molecule has 0 unspecified atom stereocenters. The molecule has 1 aliphatic rings. The number of carbonyl (C=O) groups excluding carboxylic acids is 1. The second-order valence-electron chi connectivity index (χ2n) is 9.64. The standard InChI is InChI=1S/C27H34FN9O/c1-17-12-23(32-24-14-19(3)34-35-24)33-26(13-17)36-10-8-21(9-11-36)27(38)31-20(4)18(2)6-7-25(29-5)37-16-22(28)15-30-37/h6-7,12-16,20-21H,5,8-11H2,1-4H3,(H,31,38)(H2,32,33,34,35)/b18-6+,25-7+/t20-/m0/s1. The lowest BCUT2D eigenvalue weighted by atomic mass is 9.95. The summed E-state index contributed by atoms with van der Waals surface area (Å²) in [5.41, 5.74) is 3.00. The third-order valence-corrected chi connectivity index (χ3v) is 6.59. The van der Waals surface area contributed by atoms with Gasteiger partial charge < -0.3 is 15.5 Å². The Bertz CT molecular complexity index is 1350. The zero-order valence-electron chi connectivity index (χ0n) is 22.2. The molecule has 3 aromatic rings. The minimum atomic E-state index is -0.453. The predicted molar refractivity (Wildman–Crippen MR) is 148 cm³/mol. The highest BCUT2D eigenvalue weighted by Gasteiger charge is 2.27. The molecule has 3 N–H and O–H groups in total. The Morgan fingerprint density at radius 3 is 2.63 bits per heavy atom. The monoisotopic (exact) mass is 519 g/mol. The number of amides is 1. The Morgan fingerprint density at radius 1 is 1.24 bits per heavy atom. The van der Waals surface area contributed by atoms with Crippen molar-refractivity contribution < 1.29 is 9.18 Å². The van der Waals surface area contributed by atoms with Gasteiger partial charge in [-0.25, -0.2) is 19.0 Å². The minimum Gasteiger partial charge on any atom is -0.356 e. The van der Waals surface area contributed by atoms with Gasteiger partial charge in [-0.15, -0.1) is 0 Å². The number of nitrogens with one attached hydrogen (secondary N) is 3. The third kappa shape index (κ3) is 6.72.